The molecule has 1 aliphatic rings. The fraction of sp³-hybridized carbons (Fsp3) is 0.636. The topological polar surface area (TPSA) is 38.1 Å². The fourth-order valence-corrected chi connectivity index (χ4v) is 2.12. The Morgan fingerprint density at radius 1 is 1.53 bits per heavy atom. The Balaban J connectivity index is 2.08. The van der Waals surface area contributed by atoms with Crippen LogP contribution in [0.2, 0.25) is 0 Å². The van der Waals surface area contributed by atoms with Crippen LogP contribution in [-0.4, -0.2) is 34.1 Å². The minimum Gasteiger partial charge on any atom is -0.302 e. The van der Waals surface area contributed by atoms with Gasteiger partial charge >= 0.3 is 0 Å². The average Bonchev–Trinajstić information content (AvgIpc) is 2.24. The summed E-state index contributed by atoms with van der Waals surface area (Å²) in [6.45, 7) is 1.91. The van der Waals surface area contributed by atoms with E-state index in [9.17, 15) is 4.79 Å². The van der Waals surface area contributed by atoms with Crippen molar-refractivity contribution in [2.24, 2.45) is 0 Å². The summed E-state index contributed by atoms with van der Waals surface area (Å²) in [4.78, 5) is 17.8. The van der Waals surface area contributed by atoms with Crippen LogP contribution in [-0.2, 0) is 6.54 Å². The molecule has 1 aromatic rings. The lowest BCUT2D eigenvalue weighted by Crippen LogP contribution is -2.41. The van der Waals surface area contributed by atoms with Crippen LogP contribution in [0, 0.1) is 0 Å². The van der Waals surface area contributed by atoms with Crippen LogP contribution < -0.4 is 5.56 Å². The molecular formula is C11H17N3O. The average molecular weight is 207 g/mol. The molecule has 0 radical (unpaired) electrons. The van der Waals surface area contributed by atoms with E-state index in [1.54, 1.807) is 17.1 Å². The van der Waals surface area contributed by atoms with E-state index in [-0.39, 0.29) is 5.56 Å². The molecule has 15 heavy (non-hydrogen) atoms. The van der Waals surface area contributed by atoms with Gasteiger partial charge in [0.1, 0.15) is 0 Å². The molecule has 1 aliphatic heterocycles. The highest BCUT2D eigenvalue weighted by Crippen LogP contribution is 2.15. The van der Waals surface area contributed by atoms with Crippen LogP contribution in [0.5, 0.6) is 0 Å². The first kappa shape index (κ1) is 10.4. The van der Waals surface area contributed by atoms with Crippen LogP contribution in [0.4, 0.5) is 0 Å². The summed E-state index contributed by atoms with van der Waals surface area (Å²) in [5.74, 6) is 0. The number of piperidine rings is 1. The van der Waals surface area contributed by atoms with Gasteiger partial charge < -0.3 is 4.90 Å². The standard InChI is InChI=1S/C11H17N3O/c1-13-7-3-2-4-10(13)8-14-9-12-6-5-11(14)15/h5-6,9-10H,2-4,7-8H2,1H3. The van der Waals surface area contributed by atoms with Gasteiger partial charge in [0, 0.05) is 24.8 Å². The molecule has 0 aromatic carbocycles. The molecule has 0 aliphatic carbocycles. The molecule has 0 amide bonds. The fourth-order valence-electron chi connectivity index (χ4n) is 2.12. The molecule has 0 spiro atoms. The first-order chi connectivity index (χ1) is 7.27. The van der Waals surface area contributed by atoms with E-state index in [2.05, 4.69) is 16.9 Å². The van der Waals surface area contributed by atoms with E-state index < -0.39 is 0 Å². The summed E-state index contributed by atoms with van der Waals surface area (Å²) in [6, 6.07) is 2.00. The largest absolute Gasteiger partial charge is 0.302 e. The van der Waals surface area contributed by atoms with Crippen molar-refractivity contribution in [1.82, 2.24) is 14.5 Å². The number of rotatable bonds is 2. The van der Waals surface area contributed by atoms with E-state index in [1.807, 2.05) is 0 Å². The molecule has 0 bridgehead atoms. The molecule has 82 valence electrons. The van der Waals surface area contributed by atoms with Gasteiger partial charge in [-0.15, -0.1) is 0 Å². The monoisotopic (exact) mass is 207 g/mol. The van der Waals surface area contributed by atoms with Gasteiger partial charge in [-0.25, -0.2) is 4.98 Å². The second-order valence-electron chi connectivity index (χ2n) is 4.20. The Bertz CT molecular complexity index is 374. The Labute approximate surface area is 89.6 Å². The van der Waals surface area contributed by atoms with Gasteiger partial charge in [-0.1, -0.05) is 6.42 Å². The van der Waals surface area contributed by atoms with E-state index in [1.165, 1.54) is 25.3 Å². The van der Waals surface area contributed by atoms with Crippen LogP contribution in [0.25, 0.3) is 0 Å². The minimum atomic E-state index is 0.0453. The lowest BCUT2D eigenvalue weighted by atomic mass is 10.0. The molecule has 1 fully saturated rings. The molecule has 0 N–H and O–H groups in total. The van der Waals surface area contributed by atoms with Crippen LogP contribution in [0.15, 0.2) is 23.4 Å². The molecule has 2 heterocycles. The predicted octanol–water partition coefficient (Wildman–Crippen LogP) is 0.728. The zero-order valence-corrected chi connectivity index (χ0v) is 9.09. The number of hydrogen-bond acceptors (Lipinski definition) is 3. The molecule has 1 unspecified atom stereocenters. The lowest BCUT2D eigenvalue weighted by Gasteiger charge is -2.32. The number of likely N-dealkylation sites (tertiary alicyclic amines) is 1. The van der Waals surface area contributed by atoms with Gasteiger partial charge in [0.25, 0.3) is 5.56 Å². The maximum Gasteiger partial charge on any atom is 0.253 e. The summed E-state index contributed by atoms with van der Waals surface area (Å²) in [7, 11) is 2.13. The Morgan fingerprint density at radius 2 is 2.40 bits per heavy atom. The van der Waals surface area contributed by atoms with Crippen molar-refractivity contribution in [2.75, 3.05) is 13.6 Å². The van der Waals surface area contributed by atoms with Crippen molar-refractivity contribution in [3.8, 4) is 0 Å². The summed E-state index contributed by atoms with van der Waals surface area (Å²) in [5, 5.41) is 0. The van der Waals surface area contributed by atoms with Crippen molar-refractivity contribution in [2.45, 2.75) is 31.8 Å². The first-order valence-corrected chi connectivity index (χ1v) is 5.48. The lowest BCUT2D eigenvalue weighted by molar-refractivity contribution is 0.166. The summed E-state index contributed by atoms with van der Waals surface area (Å²) in [5.41, 5.74) is 0.0453. The Hall–Kier alpha value is -1.16. The quantitative estimate of drug-likeness (QED) is 0.717. The Kier molecular flexibility index (Phi) is 3.16. The highest BCUT2D eigenvalue weighted by atomic mass is 16.1. The molecule has 4 nitrogen and oxygen atoms in total. The zero-order chi connectivity index (χ0) is 10.7. The van der Waals surface area contributed by atoms with Crippen molar-refractivity contribution >= 4 is 0 Å². The molecule has 1 aromatic heterocycles. The molecule has 2 rings (SSSR count). The third kappa shape index (κ3) is 2.45. The summed E-state index contributed by atoms with van der Waals surface area (Å²) in [6.07, 6.45) is 6.89. The Morgan fingerprint density at radius 3 is 3.13 bits per heavy atom. The van der Waals surface area contributed by atoms with Crippen molar-refractivity contribution < 1.29 is 0 Å². The van der Waals surface area contributed by atoms with Gasteiger partial charge in [-0.2, -0.15) is 0 Å². The van der Waals surface area contributed by atoms with E-state index in [4.69, 9.17) is 0 Å². The van der Waals surface area contributed by atoms with Crippen LogP contribution in [0.3, 0.4) is 0 Å². The highest BCUT2D eigenvalue weighted by molar-refractivity contribution is 4.84. The maximum absolute atomic E-state index is 11.5. The van der Waals surface area contributed by atoms with Gasteiger partial charge in [-0.05, 0) is 26.4 Å². The second-order valence-corrected chi connectivity index (χ2v) is 4.20. The number of hydrogen-bond donors (Lipinski definition) is 0. The smallest absolute Gasteiger partial charge is 0.253 e. The SMILES string of the molecule is CN1CCCCC1Cn1cnccc1=O. The van der Waals surface area contributed by atoms with Crippen LogP contribution >= 0.6 is 0 Å². The van der Waals surface area contributed by atoms with Gasteiger partial charge in [0.15, 0.2) is 0 Å². The van der Waals surface area contributed by atoms with E-state index in [0.29, 0.717) is 6.04 Å². The number of aromatic nitrogens is 2. The van der Waals surface area contributed by atoms with Gasteiger partial charge in [-0.3, -0.25) is 9.36 Å². The van der Waals surface area contributed by atoms with Gasteiger partial charge in [0.05, 0.1) is 6.33 Å². The third-order valence-electron chi connectivity index (χ3n) is 3.12. The first-order valence-electron chi connectivity index (χ1n) is 5.48. The van der Waals surface area contributed by atoms with E-state index in [0.717, 1.165) is 13.1 Å². The highest BCUT2D eigenvalue weighted by Gasteiger charge is 2.19. The maximum atomic E-state index is 11.5. The minimum absolute atomic E-state index is 0.0453. The summed E-state index contributed by atoms with van der Waals surface area (Å²) >= 11 is 0. The van der Waals surface area contributed by atoms with Gasteiger partial charge in [0.2, 0.25) is 0 Å². The molecule has 4 heteroatoms. The molecule has 1 atom stereocenters. The normalized spacial score (nSPS) is 22.9. The predicted molar refractivity (Wildman–Crippen MR) is 58.8 cm³/mol. The summed E-state index contributed by atoms with van der Waals surface area (Å²) < 4.78 is 1.70. The third-order valence-corrected chi connectivity index (χ3v) is 3.12. The van der Waals surface area contributed by atoms with Crippen molar-refractivity contribution in [3.05, 3.63) is 28.9 Å². The van der Waals surface area contributed by atoms with Crippen molar-refractivity contribution in [1.29, 1.82) is 0 Å². The second kappa shape index (κ2) is 4.57. The number of likely N-dealkylation sites (N-methyl/N-ethyl adjacent to an activating group) is 1. The van der Waals surface area contributed by atoms with Crippen molar-refractivity contribution in [3.63, 3.8) is 0 Å². The number of nitrogens with zero attached hydrogens (tertiary/aromatic N) is 3. The zero-order valence-electron chi connectivity index (χ0n) is 9.09. The molecule has 1 saturated heterocycles. The van der Waals surface area contributed by atoms with E-state index >= 15 is 0 Å². The van der Waals surface area contributed by atoms with Crippen LogP contribution in [0.1, 0.15) is 19.3 Å². The molecule has 0 saturated carbocycles. The molecular weight excluding hydrogens is 190 g/mol.